The molecule has 4 amide bonds. The highest BCUT2D eigenvalue weighted by Gasteiger charge is 2.29. The average Bonchev–Trinajstić information content (AvgIpc) is 3.03. The predicted octanol–water partition coefficient (Wildman–Crippen LogP) is 2.00. The first-order valence-electron chi connectivity index (χ1n) is 15.0. The summed E-state index contributed by atoms with van der Waals surface area (Å²) in [6.45, 7) is 7.96. The number of aromatic nitrogens is 2. The van der Waals surface area contributed by atoms with Crippen LogP contribution < -0.4 is 21.3 Å². The van der Waals surface area contributed by atoms with E-state index in [0.29, 0.717) is 11.1 Å². The lowest BCUT2D eigenvalue weighted by atomic mass is 10.1. The summed E-state index contributed by atoms with van der Waals surface area (Å²) in [5.41, 5.74) is 0.578. The first-order chi connectivity index (χ1) is 22.3. The van der Waals surface area contributed by atoms with Crippen LogP contribution in [0.4, 0.5) is 4.79 Å². The fraction of sp³-hybridized carbons (Fsp3) is 0.441. The third-order valence-electron chi connectivity index (χ3n) is 6.21. The molecule has 0 saturated heterocycles. The van der Waals surface area contributed by atoms with Crippen LogP contribution in [0.5, 0.6) is 0 Å². The van der Waals surface area contributed by atoms with E-state index in [1.807, 2.05) is 0 Å². The van der Waals surface area contributed by atoms with Crippen molar-refractivity contribution in [3.05, 3.63) is 60.2 Å². The third kappa shape index (κ3) is 14.9. The van der Waals surface area contributed by atoms with Gasteiger partial charge in [0.15, 0.2) is 0 Å². The first kappa shape index (κ1) is 37.8. The molecule has 0 spiro atoms. The maximum atomic E-state index is 13.3. The standard InChI is InChI=1S/C34H42N6O7/c1-23(37-31(43)28(40-33(45)47-34(3,4)5)18-10-8-14-26-16-12-20-36-22-26)29(41)39-27(30(42)38-24(2)32(44)46-6)17-9-7-13-25-15-11-19-35-21-25/h11-12,15-16,19-24,27-28H,9-10,17-18H2,1-6H3,(H,37,43)(H,38,42)(H,39,41)(H,40,45)/t23-,24-,27-,28-/m0/s1. The molecule has 4 N–H and O–H groups in total. The number of amides is 4. The molecule has 13 heteroatoms. The number of methoxy groups -OCH3 is 1. The van der Waals surface area contributed by atoms with E-state index in [9.17, 15) is 24.0 Å². The molecule has 0 aromatic carbocycles. The molecule has 2 aromatic rings. The Balaban J connectivity index is 2.12. The molecular weight excluding hydrogens is 604 g/mol. The number of nitrogens with one attached hydrogen (secondary N) is 4. The number of hydrogen-bond donors (Lipinski definition) is 4. The zero-order valence-corrected chi connectivity index (χ0v) is 27.5. The number of esters is 1. The Morgan fingerprint density at radius 3 is 1.68 bits per heavy atom. The first-order valence-corrected chi connectivity index (χ1v) is 15.0. The van der Waals surface area contributed by atoms with Crippen LogP contribution in [0.25, 0.3) is 0 Å². The lowest BCUT2D eigenvalue weighted by molar-refractivity contribution is -0.144. The molecule has 2 heterocycles. The van der Waals surface area contributed by atoms with Crippen LogP contribution >= 0.6 is 0 Å². The van der Waals surface area contributed by atoms with Crippen molar-refractivity contribution in [1.82, 2.24) is 31.2 Å². The molecule has 0 aliphatic heterocycles. The number of nitrogens with zero attached hydrogens (tertiary/aromatic N) is 2. The Morgan fingerprint density at radius 1 is 0.745 bits per heavy atom. The Labute approximate surface area is 275 Å². The quantitative estimate of drug-likeness (QED) is 0.198. The molecule has 47 heavy (non-hydrogen) atoms. The Morgan fingerprint density at radius 2 is 1.23 bits per heavy atom. The van der Waals surface area contributed by atoms with Gasteiger partial charge in [0.25, 0.3) is 0 Å². The van der Waals surface area contributed by atoms with Gasteiger partial charge in [-0.25, -0.2) is 9.59 Å². The van der Waals surface area contributed by atoms with Gasteiger partial charge < -0.3 is 30.7 Å². The van der Waals surface area contributed by atoms with Gasteiger partial charge in [0, 0.05) is 48.8 Å². The van der Waals surface area contributed by atoms with Crippen LogP contribution in [-0.2, 0) is 28.7 Å². The van der Waals surface area contributed by atoms with E-state index in [4.69, 9.17) is 4.74 Å². The molecule has 250 valence electrons. The molecule has 0 aliphatic carbocycles. The van der Waals surface area contributed by atoms with Gasteiger partial charge in [-0.3, -0.25) is 24.4 Å². The van der Waals surface area contributed by atoms with Crippen molar-refractivity contribution >= 4 is 29.8 Å². The van der Waals surface area contributed by atoms with Gasteiger partial charge in [0.1, 0.15) is 29.8 Å². The SMILES string of the molecule is COC(=O)[C@H](C)NC(=O)[C@H](CCC#Cc1cccnc1)NC(=O)[C@H](C)NC(=O)[C@H](CCC#Cc1cccnc1)NC(=O)OC(C)(C)C. The summed E-state index contributed by atoms with van der Waals surface area (Å²) in [5.74, 6) is 9.17. The highest BCUT2D eigenvalue weighted by Crippen LogP contribution is 2.08. The number of hydrogen-bond acceptors (Lipinski definition) is 9. The summed E-state index contributed by atoms with van der Waals surface area (Å²) < 4.78 is 9.98. The lowest BCUT2D eigenvalue weighted by Gasteiger charge is -2.25. The van der Waals surface area contributed by atoms with Gasteiger partial charge in [-0.15, -0.1) is 0 Å². The summed E-state index contributed by atoms with van der Waals surface area (Å²) in [7, 11) is 1.20. The second-order valence-electron chi connectivity index (χ2n) is 11.4. The minimum absolute atomic E-state index is 0.109. The van der Waals surface area contributed by atoms with Crippen molar-refractivity contribution < 1.29 is 33.4 Å². The minimum Gasteiger partial charge on any atom is -0.467 e. The summed E-state index contributed by atoms with van der Waals surface area (Å²) >= 11 is 0. The van der Waals surface area contributed by atoms with Gasteiger partial charge in [0.05, 0.1) is 7.11 Å². The molecule has 2 aromatic heterocycles. The van der Waals surface area contributed by atoms with E-state index in [0.717, 1.165) is 0 Å². The molecule has 0 radical (unpaired) electrons. The van der Waals surface area contributed by atoms with Crippen LogP contribution in [0.15, 0.2) is 49.1 Å². The molecule has 0 bridgehead atoms. The summed E-state index contributed by atoms with van der Waals surface area (Å²) in [5, 5.41) is 10.3. The normalized spacial score (nSPS) is 13.0. The molecule has 0 aliphatic rings. The zero-order chi connectivity index (χ0) is 34.8. The molecule has 4 atom stereocenters. The fourth-order valence-electron chi connectivity index (χ4n) is 3.85. The summed E-state index contributed by atoms with van der Waals surface area (Å²) in [6.07, 6.45) is 6.34. The summed E-state index contributed by atoms with van der Waals surface area (Å²) in [6, 6.07) is 2.83. The zero-order valence-electron chi connectivity index (χ0n) is 27.5. The van der Waals surface area contributed by atoms with Crippen LogP contribution in [0.1, 0.15) is 71.4 Å². The number of carbonyl (C=O) groups excluding carboxylic acids is 5. The number of rotatable bonds is 12. The highest BCUT2D eigenvalue weighted by molar-refractivity contribution is 5.94. The Bertz CT molecular complexity index is 1490. The third-order valence-corrected chi connectivity index (χ3v) is 6.21. The molecule has 0 unspecified atom stereocenters. The van der Waals surface area contributed by atoms with Crippen molar-refractivity contribution in [1.29, 1.82) is 0 Å². The van der Waals surface area contributed by atoms with E-state index in [1.165, 1.54) is 21.0 Å². The summed E-state index contributed by atoms with van der Waals surface area (Å²) in [4.78, 5) is 71.9. The predicted molar refractivity (Wildman–Crippen MR) is 173 cm³/mol. The van der Waals surface area contributed by atoms with E-state index < -0.39 is 59.6 Å². The van der Waals surface area contributed by atoms with E-state index in [-0.39, 0.29) is 25.7 Å². The second kappa shape index (κ2) is 19.2. The lowest BCUT2D eigenvalue weighted by Crippen LogP contribution is -2.57. The van der Waals surface area contributed by atoms with Gasteiger partial charge in [-0.05, 0) is 71.7 Å². The second-order valence-corrected chi connectivity index (χ2v) is 11.4. The Kier molecular flexibility index (Phi) is 15.4. The van der Waals surface area contributed by atoms with Crippen LogP contribution in [0.3, 0.4) is 0 Å². The van der Waals surface area contributed by atoms with Crippen molar-refractivity contribution in [2.24, 2.45) is 0 Å². The van der Waals surface area contributed by atoms with Gasteiger partial charge in [-0.1, -0.05) is 23.7 Å². The van der Waals surface area contributed by atoms with E-state index >= 15 is 0 Å². The molecule has 0 saturated carbocycles. The molecule has 0 fully saturated rings. The van der Waals surface area contributed by atoms with Gasteiger partial charge in [0.2, 0.25) is 17.7 Å². The Hall–Kier alpha value is -5.43. The smallest absolute Gasteiger partial charge is 0.408 e. The fourth-order valence-corrected chi connectivity index (χ4v) is 3.85. The number of alkyl carbamates (subject to hydrolysis) is 1. The maximum Gasteiger partial charge on any atom is 0.408 e. The monoisotopic (exact) mass is 646 g/mol. The highest BCUT2D eigenvalue weighted by atomic mass is 16.6. The van der Waals surface area contributed by atoms with Gasteiger partial charge >= 0.3 is 12.1 Å². The minimum atomic E-state index is -1.11. The topological polar surface area (TPSA) is 178 Å². The molecule has 13 nitrogen and oxygen atoms in total. The van der Waals surface area contributed by atoms with E-state index in [1.54, 1.807) is 69.8 Å². The molecular formula is C34H42N6O7. The average molecular weight is 647 g/mol. The maximum absolute atomic E-state index is 13.3. The number of pyridine rings is 2. The van der Waals surface area contributed by atoms with Crippen molar-refractivity contribution in [2.75, 3.05) is 7.11 Å². The van der Waals surface area contributed by atoms with Gasteiger partial charge in [-0.2, -0.15) is 0 Å². The van der Waals surface area contributed by atoms with Crippen molar-refractivity contribution in [3.8, 4) is 23.7 Å². The van der Waals surface area contributed by atoms with Crippen molar-refractivity contribution in [3.63, 3.8) is 0 Å². The van der Waals surface area contributed by atoms with Crippen molar-refractivity contribution in [2.45, 2.75) is 90.1 Å². The number of carbonyl (C=O) groups is 5. The van der Waals surface area contributed by atoms with Crippen LogP contribution in [-0.4, -0.2) is 76.6 Å². The van der Waals surface area contributed by atoms with Crippen LogP contribution in [0, 0.1) is 23.7 Å². The van der Waals surface area contributed by atoms with Crippen LogP contribution in [0.2, 0.25) is 0 Å². The molecule has 2 rings (SSSR count). The van der Waals surface area contributed by atoms with E-state index in [2.05, 4.69) is 59.7 Å². The largest absolute Gasteiger partial charge is 0.467 e. The number of ether oxygens (including phenoxy) is 2.